The average molecular weight is 255 g/mol. The predicted octanol–water partition coefficient (Wildman–Crippen LogP) is 3.08. The molecule has 0 fully saturated rings. The number of hydrogen-bond acceptors (Lipinski definition) is 2. The van der Waals surface area contributed by atoms with E-state index >= 15 is 0 Å². The van der Waals surface area contributed by atoms with Gasteiger partial charge in [0, 0.05) is 6.54 Å². The quantitative estimate of drug-likeness (QED) is 0.719. The molecule has 0 saturated heterocycles. The highest BCUT2D eigenvalue weighted by Crippen LogP contribution is 2.17. The van der Waals surface area contributed by atoms with Gasteiger partial charge in [0.05, 0.1) is 6.61 Å². The molecule has 0 spiro atoms. The highest BCUT2D eigenvalue weighted by Gasteiger charge is 2.28. The van der Waals surface area contributed by atoms with Gasteiger partial charge in [-0.05, 0) is 24.3 Å². The summed E-state index contributed by atoms with van der Waals surface area (Å²) in [5.41, 5.74) is 0. The van der Waals surface area contributed by atoms with E-state index in [1.54, 1.807) is 0 Å². The molecular formula is C12H24F3NO. The second kappa shape index (κ2) is 7.93. The Labute approximate surface area is 102 Å². The Hall–Kier alpha value is -0.290. The molecule has 0 amide bonds. The minimum absolute atomic E-state index is 0.121. The zero-order valence-electron chi connectivity index (χ0n) is 11.1. The second-order valence-corrected chi connectivity index (χ2v) is 5.19. The van der Waals surface area contributed by atoms with E-state index < -0.39 is 12.8 Å². The number of alkyl halides is 3. The first-order valence-corrected chi connectivity index (χ1v) is 6.07. The van der Waals surface area contributed by atoms with Crippen LogP contribution in [0.25, 0.3) is 0 Å². The Kier molecular flexibility index (Phi) is 7.79. The minimum Gasteiger partial charge on any atom is -0.372 e. The van der Waals surface area contributed by atoms with Crippen LogP contribution in [-0.2, 0) is 4.74 Å². The Morgan fingerprint density at radius 2 is 1.65 bits per heavy atom. The Balaban J connectivity index is 3.83. The first-order chi connectivity index (χ1) is 7.72. The normalized spacial score (nSPS) is 14.6. The van der Waals surface area contributed by atoms with E-state index in [0.29, 0.717) is 18.4 Å². The van der Waals surface area contributed by atoms with E-state index in [-0.39, 0.29) is 12.5 Å². The number of hydrogen-bond donors (Lipinski definition) is 1. The molecule has 5 heteroatoms. The molecular weight excluding hydrogens is 231 g/mol. The van der Waals surface area contributed by atoms with Crippen molar-refractivity contribution in [3.8, 4) is 0 Å². The summed E-state index contributed by atoms with van der Waals surface area (Å²) >= 11 is 0. The molecule has 2 nitrogen and oxygen atoms in total. The van der Waals surface area contributed by atoms with E-state index in [4.69, 9.17) is 4.74 Å². The Morgan fingerprint density at radius 1 is 1.06 bits per heavy atom. The molecule has 0 aliphatic rings. The molecule has 0 aromatic heterocycles. The number of halogens is 3. The summed E-state index contributed by atoms with van der Waals surface area (Å²) in [5, 5.41) is 3.25. The van der Waals surface area contributed by atoms with Gasteiger partial charge in [0.1, 0.15) is 6.61 Å². The maximum absolute atomic E-state index is 11.9. The third-order valence-electron chi connectivity index (χ3n) is 2.50. The van der Waals surface area contributed by atoms with Crippen LogP contribution in [-0.4, -0.2) is 32.5 Å². The highest BCUT2D eigenvalue weighted by molar-refractivity contribution is 4.66. The predicted molar refractivity (Wildman–Crippen MR) is 62.9 cm³/mol. The van der Waals surface area contributed by atoms with Gasteiger partial charge < -0.3 is 10.1 Å². The van der Waals surface area contributed by atoms with E-state index in [9.17, 15) is 13.2 Å². The molecule has 0 heterocycles. The van der Waals surface area contributed by atoms with Crippen LogP contribution in [0.15, 0.2) is 0 Å². The van der Waals surface area contributed by atoms with Crippen LogP contribution >= 0.6 is 0 Å². The van der Waals surface area contributed by atoms with Gasteiger partial charge in [-0.15, -0.1) is 0 Å². The van der Waals surface area contributed by atoms with Crippen molar-refractivity contribution in [1.29, 1.82) is 0 Å². The highest BCUT2D eigenvalue weighted by atomic mass is 19.4. The van der Waals surface area contributed by atoms with Crippen molar-refractivity contribution in [1.82, 2.24) is 5.32 Å². The largest absolute Gasteiger partial charge is 0.411 e. The van der Waals surface area contributed by atoms with Gasteiger partial charge >= 0.3 is 6.18 Å². The zero-order chi connectivity index (χ0) is 13.5. The summed E-state index contributed by atoms with van der Waals surface area (Å²) in [6.07, 6.45) is -4.23. The van der Waals surface area contributed by atoms with Gasteiger partial charge in [-0.2, -0.15) is 13.2 Å². The maximum Gasteiger partial charge on any atom is 0.411 e. The van der Waals surface area contributed by atoms with Gasteiger partial charge in [0.25, 0.3) is 0 Å². The molecule has 0 aromatic rings. The molecule has 0 radical (unpaired) electrons. The lowest BCUT2D eigenvalue weighted by Gasteiger charge is -2.22. The van der Waals surface area contributed by atoms with Crippen molar-refractivity contribution < 1.29 is 17.9 Å². The van der Waals surface area contributed by atoms with Crippen molar-refractivity contribution in [2.45, 2.75) is 33.9 Å². The lowest BCUT2D eigenvalue weighted by atomic mass is 9.96. The molecule has 0 aromatic carbocycles. The molecule has 1 N–H and O–H groups in total. The van der Waals surface area contributed by atoms with Crippen LogP contribution in [0.5, 0.6) is 0 Å². The van der Waals surface area contributed by atoms with Gasteiger partial charge in [-0.25, -0.2) is 0 Å². The molecule has 0 aliphatic carbocycles. The summed E-state index contributed by atoms with van der Waals surface area (Å²) in [7, 11) is 0. The van der Waals surface area contributed by atoms with E-state index in [0.717, 1.165) is 6.54 Å². The molecule has 1 atom stereocenters. The summed E-state index contributed by atoms with van der Waals surface area (Å²) < 4.78 is 40.5. The van der Waals surface area contributed by atoms with Crippen LogP contribution < -0.4 is 5.32 Å². The van der Waals surface area contributed by atoms with Gasteiger partial charge in [0.2, 0.25) is 0 Å². The van der Waals surface area contributed by atoms with E-state index in [1.165, 1.54) is 0 Å². The fraction of sp³-hybridized carbons (Fsp3) is 1.00. The molecule has 17 heavy (non-hydrogen) atoms. The van der Waals surface area contributed by atoms with Gasteiger partial charge in [-0.3, -0.25) is 0 Å². The first kappa shape index (κ1) is 16.7. The van der Waals surface area contributed by atoms with E-state index in [2.05, 4.69) is 19.2 Å². The lowest BCUT2D eigenvalue weighted by molar-refractivity contribution is -0.177. The van der Waals surface area contributed by atoms with Gasteiger partial charge in [0.15, 0.2) is 0 Å². The Morgan fingerprint density at radius 3 is 2.06 bits per heavy atom. The van der Waals surface area contributed by atoms with Crippen molar-refractivity contribution in [3.05, 3.63) is 0 Å². The monoisotopic (exact) mass is 255 g/mol. The van der Waals surface area contributed by atoms with Crippen molar-refractivity contribution >= 4 is 0 Å². The van der Waals surface area contributed by atoms with Crippen LogP contribution in [0, 0.1) is 17.8 Å². The number of nitrogens with one attached hydrogen (secondary N) is 1. The Bertz CT molecular complexity index is 193. The minimum atomic E-state index is -4.23. The van der Waals surface area contributed by atoms with Gasteiger partial charge in [-0.1, -0.05) is 27.7 Å². The number of ether oxygens (including phenoxy) is 1. The van der Waals surface area contributed by atoms with Crippen molar-refractivity contribution in [3.63, 3.8) is 0 Å². The maximum atomic E-state index is 11.9. The van der Waals surface area contributed by atoms with Crippen LogP contribution in [0.3, 0.4) is 0 Å². The summed E-state index contributed by atoms with van der Waals surface area (Å²) in [5.74, 6) is 0.970. The number of rotatable bonds is 8. The van der Waals surface area contributed by atoms with Crippen molar-refractivity contribution in [2.24, 2.45) is 17.8 Å². The summed E-state index contributed by atoms with van der Waals surface area (Å²) in [6, 6.07) is 0. The van der Waals surface area contributed by atoms with Crippen LogP contribution in [0.1, 0.15) is 27.7 Å². The zero-order valence-corrected chi connectivity index (χ0v) is 11.1. The summed E-state index contributed by atoms with van der Waals surface area (Å²) in [6.45, 7) is 8.77. The SMILES string of the molecule is CC(C)CNCC(COCC(F)(F)F)C(C)C. The fourth-order valence-electron chi connectivity index (χ4n) is 1.37. The molecule has 104 valence electrons. The molecule has 0 saturated carbocycles. The third kappa shape index (κ3) is 10.6. The topological polar surface area (TPSA) is 21.3 Å². The molecule has 0 bridgehead atoms. The first-order valence-electron chi connectivity index (χ1n) is 6.07. The smallest absolute Gasteiger partial charge is 0.372 e. The molecule has 0 rings (SSSR count). The summed E-state index contributed by atoms with van der Waals surface area (Å²) in [4.78, 5) is 0. The van der Waals surface area contributed by atoms with Crippen LogP contribution in [0.4, 0.5) is 13.2 Å². The molecule has 1 unspecified atom stereocenters. The lowest BCUT2D eigenvalue weighted by Crippen LogP contribution is -2.32. The molecule has 0 aliphatic heterocycles. The van der Waals surface area contributed by atoms with Crippen molar-refractivity contribution in [2.75, 3.05) is 26.3 Å². The average Bonchev–Trinajstić information content (AvgIpc) is 2.12. The van der Waals surface area contributed by atoms with Crippen LogP contribution in [0.2, 0.25) is 0 Å². The fourth-order valence-corrected chi connectivity index (χ4v) is 1.37. The van der Waals surface area contributed by atoms with E-state index in [1.807, 2.05) is 13.8 Å². The standard InChI is InChI=1S/C12H24F3NO/c1-9(2)5-16-6-11(10(3)4)7-17-8-12(13,14)15/h9-11,16H,5-8H2,1-4H3. The second-order valence-electron chi connectivity index (χ2n) is 5.19. The third-order valence-corrected chi connectivity index (χ3v) is 2.50.